The first-order chi connectivity index (χ1) is 6.34. The molecule has 1 aromatic carbocycles. The fourth-order valence-electron chi connectivity index (χ4n) is 0.939. The summed E-state index contributed by atoms with van der Waals surface area (Å²) in [7, 11) is -4.64. The number of carboxylic acid groups (broad SMARTS) is 1. The van der Waals surface area contributed by atoms with Crippen molar-refractivity contribution in [3.63, 3.8) is 0 Å². The first-order valence-electron chi connectivity index (χ1n) is 3.45. The number of benzene rings is 1. The van der Waals surface area contributed by atoms with Crippen LogP contribution in [0.1, 0.15) is 10.4 Å². The van der Waals surface area contributed by atoms with Gasteiger partial charge in [0.05, 0.1) is 0 Å². The van der Waals surface area contributed by atoms with Crippen LogP contribution < -0.4 is 5.30 Å². The van der Waals surface area contributed by atoms with E-state index >= 15 is 0 Å². The zero-order valence-electron chi connectivity index (χ0n) is 6.78. The number of para-hydroxylation sites is 1. The van der Waals surface area contributed by atoms with Gasteiger partial charge in [-0.05, 0) is 12.1 Å². The first kappa shape index (κ1) is 10.7. The smallest absolute Gasteiger partial charge is 0.359 e. The van der Waals surface area contributed by atoms with Gasteiger partial charge in [0, 0.05) is 0 Å². The van der Waals surface area contributed by atoms with Crippen LogP contribution >= 0.6 is 7.60 Å². The highest BCUT2D eigenvalue weighted by Gasteiger charge is 2.25. The first-order valence-corrected chi connectivity index (χ1v) is 5.06. The molecular formula is C7H7O6P. The summed E-state index contributed by atoms with van der Waals surface area (Å²) < 4.78 is 10.8. The second-order valence-electron chi connectivity index (χ2n) is 2.52. The zero-order valence-corrected chi connectivity index (χ0v) is 7.68. The number of aromatic hydroxyl groups is 1. The molecule has 4 N–H and O–H groups in total. The standard InChI is InChI=1S/C7H7O6P/c8-6-4(7(9)10)2-1-3-5(6)14(11,12)13/h1-3,8H,(H,9,10)(H2,11,12,13). The molecule has 0 atom stereocenters. The molecular weight excluding hydrogens is 211 g/mol. The number of carboxylic acids is 1. The van der Waals surface area contributed by atoms with E-state index in [1.54, 1.807) is 0 Å². The molecule has 0 heterocycles. The molecule has 76 valence electrons. The van der Waals surface area contributed by atoms with E-state index in [9.17, 15) is 14.5 Å². The summed E-state index contributed by atoms with van der Waals surface area (Å²) in [5.41, 5.74) is -0.536. The average molecular weight is 218 g/mol. The lowest BCUT2D eigenvalue weighted by Crippen LogP contribution is -2.09. The molecule has 1 rings (SSSR count). The summed E-state index contributed by atoms with van der Waals surface area (Å²) in [6.07, 6.45) is 0. The van der Waals surface area contributed by atoms with E-state index in [2.05, 4.69) is 0 Å². The van der Waals surface area contributed by atoms with Crippen LogP contribution in [0.15, 0.2) is 18.2 Å². The van der Waals surface area contributed by atoms with Crippen LogP contribution in [0, 0.1) is 0 Å². The van der Waals surface area contributed by atoms with E-state index < -0.39 is 30.2 Å². The fraction of sp³-hybridized carbons (Fsp3) is 0. The van der Waals surface area contributed by atoms with Crippen molar-refractivity contribution in [1.29, 1.82) is 0 Å². The Labute approximate surface area is 78.6 Å². The van der Waals surface area contributed by atoms with Crippen LogP contribution in [-0.2, 0) is 4.57 Å². The Morgan fingerprint density at radius 2 is 1.86 bits per heavy atom. The van der Waals surface area contributed by atoms with Gasteiger partial charge in [-0.1, -0.05) is 6.07 Å². The van der Waals surface area contributed by atoms with Gasteiger partial charge in [-0.15, -0.1) is 0 Å². The van der Waals surface area contributed by atoms with E-state index in [-0.39, 0.29) is 0 Å². The SMILES string of the molecule is O=C(O)c1cccc(P(=O)(O)O)c1O. The van der Waals surface area contributed by atoms with Crippen LogP contribution in [0.5, 0.6) is 5.75 Å². The summed E-state index contributed by atoms with van der Waals surface area (Å²) in [5, 5.41) is 17.1. The lowest BCUT2D eigenvalue weighted by atomic mass is 10.2. The zero-order chi connectivity index (χ0) is 10.9. The normalized spacial score (nSPS) is 11.3. The highest BCUT2D eigenvalue weighted by Crippen LogP contribution is 2.37. The third kappa shape index (κ3) is 1.93. The molecule has 0 unspecified atom stereocenters. The molecule has 7 heteroatoms. The van der Waals surface area contributed by atoms with Crippen molar-refractivity contribution in [2.75, 3.05) is 0 Å². The van der Waals surface area contributed by atoms with Crippen molar-refractivity contribution >= 4 is 18.9 Å². The van der Waals surface area contributed by atoms with Gasteiger partial charge in [0.25, 0.3) is 0 Å². The number of phenols is 1. The molecule has 1 aromatic rings. The summed E-state index contributed by atoms with van der Waals surface area (Å²) in [4.78, 5) is 28.0. The van der Waals surface area contributed by atoms with Gasteiger partial charge in [0.15, 0.2) is 0 Å². The largest absolute Gasteiger partial charge is 0.506 e. The minimum absolute atomic E-state index is 0.536. The van der Waals surface area contributed by atoms with Crippen molar-refractivity contribution < 1.29 is 29.4 Å². The number of hydrogen-bond acceptors (Lipinski definition) is 3. The Morgan fingerprint density at radius 3 is 2.29 bits per heavy atom. The van der Waals surface area contributed by atoms with Gasteiger partial charge < -0.3 is 20.0 Å². The highest BCUT2D eigenvalue weighted by molar-refractivity contribution is 7.60. The van der Waals surface area contributed by atoms with Gasteiger partial charge in [-0.3, -0.25) is 4.57 Å². The van der Waals surface area contributed by atoms with E-state index in [0.29, 0.717) is 0 Å². The predicted molar refractivity (Wildman–Crippen MR) is 46.7 cm³/mol. The van der Waals surface area contributed by atoms with Crippen molar-refractivity contribution in [1.82, 2.24) is 0 Å². The number of carbonyl (C=O) groups is 1. The van der Waals surface area contributed by atoms with E-state index in [4.69, 9.17) is 14.9 Å². The van der Waals surface area contributed by atoms with Crippen LogP contribution in [-0.4, -0.2) is 26.0 Å². The second kappa shape index (κ2) is 3.42. The molecule has 0 spiro atoms. The molecule has 6 nitrogen and oxygen atoms in total. The van der Waals surface area contributed by atoms with Gasteiger partial charge >= 0.3 is 13.6 Å². The molecule has 0 bridgehead atoms. The van der Waals surface area contributed by atoms with Gasteiger partial charge in [0.2, 0.25) is 0 Å². The highest BCUT2D eigenvalue weighted by atomic mass is 31.2. The minimum atomic E-state index is -4.64. The molecule has 0 saturated heterocycles. The van der Waals surface area contributed by atoms with E-state index in [1.807, 2.05) is 0 Å². The van der Waals surface area contributed by atoms with Gasteiger partial charge in [-0.25, -0.2) is 4.79 Å². The topological polar surface area (TPSA) is 115 Å². The average Bonchev–Trinajstić information content (AvgIpc) is 2.01. The second-order valence-corrected chi connectivity index (χ2v) is 4.09. The molecule has 14 heavy (non-hydrogen) atoms. The molecule has 0 aliphatic heterocycles. The Kier molecular flexibility index (Phi) is 2.62. The quantitative estimate of drug-likeness (QED) is 0.515. The molecule has 0 amide bonds. The minimum Gasteiger partial charge on any atom is -0.506 e. The maximum atomic E-state index is 10.8. The monoisotopic (exact) mass is 218 g/mol. The summed E-state index contributed by atoms with van der Waals surface area (Å²) >= 11 is 0. The van der Waals surface area contributed by atoms with Crippen LogP contribution in [0.2, 0.25) is 0 Å². The van der Waals surface area contributed by atoms with Crippen LogP contribution in [0.4, 0.5) is 0 Å². The molecule has 0 saturated carbocycles. The Hall–Kier alpha value is -1.36. The summed E-state index contributed by atoms with van der Waals surface area (Å²) in [5.74, 6) is -2.34. The fourth-order valence-corrected chi connectivity index (χ4v) is 1.62. The van der Waals surface area contributed by atoms with Crippen molar-refractivity contribution in [2.24, 2.45) is 0 Å². The van der Waals surface area contributed by atoms with Crippen molar-refractivity contribution in [3.8, 4) is 5.75 Å². The number of rotatable bonds is 2. The maximum Gasteiger partial charge on any atom is 0.359 e. The molecule has 0 aliphatic rings. The van der Waals surface area contributed by atoms with Crippen molar-refractivity contribution in [2.45, 2.75) is 0 Å². The molecule has 0 aromatic heterocycles. The van der Waals surface area contributed by atoms with Crippen LogP contribution in [0.25, 0.3) is 0 Å². The Balaban J connectivity index is 3.43. The molecule has 0 fully saturated rings. The third-order valence-corrected chi connectivity index (χ3v) is 2.55. The Morgan fingerprint density at radius 1 is 1.29 bits per heavy atom. The van der Waals surface area contributed by atoms with Gasteiger partial charge in [-0.2, -0.15) is 0 Å². The number of aromatic carboxylic acids is 1. The maximum absolute atomic E-state index is 10.8. The lowest BCUT2D eigenvalue weighted by Gasteiger charge is -2.07. The predicted octanol–water partition coefficient (Wildman–Crippen LogP) is -0.107. The summed E-state index contributed by atoms with van der Waals surface area (Å²) in [6.45, 7) is 0. The Bertz CT molecular complexity index is 420. The lowest BCUT2D eigenvalue weighted by molar-refractivity contribution is 0.0694. The van der Waals surface area contributed by atoms with Crippen molar-refractivity contribution in [3.05, 3.63) is 23.8 Å². The third-order valence-electron chi connectivity index (χ3n) is 1.56. The summed E-state index contributed by atoms with van der Waals surface area (Å²) in [6, 6.07) is 3.18. The van der Waals surface area contributed by atoms with Crippen LogP contribution in [0.3, 0.4) is 0 Å². The molecule has 0 aliphatic carbocycles. The van der Waals surface area contributed by atoms with E-state index in [0.717, 1.165) is 18.2 Å². The molecule has 0 radical (unpaired) electrons. The van der Waals surface area contributed by atoms with Gasteiger partial charge in [0.1, 0.15) is 16.6 Å². The number of hydrogen-bond donors (Lipinski definition) is 4. The van der Waals surface area contributed by atoms with E-state index in [1.165, 1.54) is 0 Å².